The minimum atomic E-state index is -0.631. The Morgan fingerprint density at radius 2 is 1.92 bits per heavy atom. The van der Waals surface area contributed by atoms with E-state index < -0.39 is 11.5 Å². The minimum absolute atomic E-state index is 0.293. The van der Waals surface area contributed by atoms with Gasteiger partial charge in [0.05, 0.1) is 12.0 Å². The molecule has 1 aromatic carbocycles. The summed E-state index contributed by atoms with van der Waals surface area (Å²) in [4.78, 5) is 39.9. The Morgan fingerprint density at radius 3 is 2.59 bits per heavy atom. The monoisotopic (exact) mass is 498 g/mol. The van der Waals surface area contributed by atoms with E-state index in [0.717, 1.165) is 72.5 Å². The van der Waals surface area contributed by atoms with Crippen LogP contribution in [0.15, 0.2) is 47.6 Å². The lowest BCUT2D eigenvalue weighted by atomic mass is 9.58. The number of benzene rings is 1. The Morgan fingerprint density at radius 1 is 1.14 bits per heavy atom. The number of aliphatic imine (C=N–C) groups is 1. The topological polar surface area (TPSA) is 86.4 Å². The standard InChI is InChI=1S/C30H34N4O3/c1-2-37-29(36)24(32-25-19-26(35)30(25)15-4-3-5-16-30)18-20-11-13-22(14-12-20)34-27(21-8-6-9-21)33-23-10-7-17-31-28(23)34/h7,10-14,17,21,24H,2-6,8-9,15-16,18-19H2,1H3/t24-/m0/s1. The van der Waals surface area contributed by atoms with Crippen molar-refractivity contribution in [1.82, 2.24) is 14.5 Å². The largest absolute Gasteiger partial charge is 0.464 e. The molecule has 0 bridgehead atoms. The summed E-state index contributed by atoms with van der Waals surface area (Å²) in [5, 5.41) is 0. The molecule has 1 atom stereocenters. The quantitative estimate of drug-likeness (QED) is 0.400. The first kappa shape index (κ1) is 24.0. The summed E-state index contributed by atoms with van der Waals surface area (Å²) in [6, 6.07) is 11.6. The van der Waals surface area contributed by atoms with E-state index in [1.165, 1.54) is 12.8 Å². The number of rotatable bonds is 7. The third-order valence-corrected chi connectivity index (χ3v) is 8.53. The molecule has 192 valence electrons. The molecule has 0 radical (unpaired) electrons. The van der Waals surface area contributed by atoms with Crippen LogP contribution in [0.4, 0.5) is 0 Å². The fourth-order valence-corrected chi connectivity index (χ4v) is 6.17. The molecular weight excluding hydrogens is 464 g/mol. The molecule has 3 fully saturated rings. The number of ketones is 1. The summed E-state index contributed by atoms with van der Waals surface area (Å²) in [7, 11) is 0. The summed E-state index contributed by atoms with van der Waals surface area (Å²) in [6.45, 7) is 2.13. The Bertz CT molecular complexity index is 1350. The number of imidazole rings is 1. The maximum Gasteiger partial charge on any atom is 0.331 e. The predicted molar refractivity (Wildman–Crippen MR) is 142 cm³/mol. The van der Waals surface area contributed by atoms with Crippen LogP contribution in [0.2, 0.25) is 0 Å². The molecule has 6 rings (SSSR count). The number of nitrogens with zero attached hydrogens (tertiary/aromatic N) is 4. The molecule has 0 saturated heterocycles. The lowest BCUT2D eigenvalue weighted by Gasteiger charge is -2.44. The zero-order chi connectivity index (χ0) is 25.4. The Hall–Kier alpha value is -3.35. The highest BCUT2D eigenvalue weighted by molar-refractivity contribution is 6.27. The lowest BCUT2D eigenvalue weighted by molar-refractivity contribution is -0.144. The summed E-state index contributed by atoms with van der Waals surface area (Å²) in [5.41, 5.74) is 4.32. The molecule has 3 aliphatic rings. The second-order valence-electron chi connectivity index (χ2n) is 10.7. The van der Waals surface area contributed by atoms with Crippen molar-refractivity contribution in [3.8, 4) is 5.69 Å². The van der Waals surface area contributed by atoms with Gasteiger partial charge in [-0.05, 0) is 62.4 Å². The van der Waals surface area contributed by atoms with Crippen LogP contribution in [0.25, 0.3) is 16.9 Å². The van der Waals surface area contributed by atoms with Gasteiger partial charge in [-0.2, -0.15) is 0 Å². The van der Waals surface area contributed by atoms with Crippen LogP contribution < -0.4 is 0 Å². The van der Waals surface area contributed by atoms with Crippen LogP contribution in [0.1, 0.15) is 82.0 Å². The summed E-state index contributed by atoms with van der Waals surface area (Å²) in [5.74, 6) is 1.52. The smallest absolute Gasteiger partial charge is 0.331 e. The van der Waals surface area contributed by atoms with Gasteiger partial charge in [-0.15, -0.1) is 0 Å². The van der Waals surface area contributed by atoms with Gasteiger partial charge in [-0.3, -0.25) is 14.4 Å². The summed E-state index contributed by atoms with van der Waals surface area (Å²) < 4.78 is 7.57. The van der Waals surface area contributed by atoms with Crippen molar-refractivity contribution in [2.45, 2.75) is 83.1 Å². The highest BCUT2D eigenvalue weighted by Gasteiger charge is 2.52. The molecule has 7 nitrogen and oxygen atoms in total. The molecule has 0 N–H and O–H groups in total. The first-order valence-electron chi connectivity index (χ1n) is 13.8. The number of hydrogen-bond donors (Lipinski definition) is 0. The number of pyridine rings is 1. The highest BCUT2D eigenvalue weighted by Crippen LogP contribution is 2.47. The van der Waals surface area contributed by atoms with Crippen LogP contribution in [0.5, 0.6) is 0 Å². The van der Waals surface area contributed by atoms with E-state index in [9.17, 15) is 9.59 Å². The molecule has 3 aliphatic carbocycles. The summed E-state index contributed by atoms with van der Waals surface area (Å²) >= 11 is 0. The van der Waals surface area contributed by atoms with Gasteiger partial charge in [0, 0.05) is 36.4 Å². The van der Waals surface area contributed by atoms with Gasteiger partial charge in [0.2, 0.25) is 0 Å². The van der Waals surface area contributed by atoms with Crippen LogP contribution in [-0.2, 0) is 20.7 Å². The molecule has 0 unspecified atom stereocenters. The van der Waals surface area contributed by atoms with Gasteiger partial charge in [0.25, 0.3) is 0 Å². The first-order valence-corrected chi connectivity index (χ1v) is 13.8. The van der Waals surface area contributed by atoms with Crippen molar-refractivity contribution < 1.29 is 14.3 Å². The maximum absolute atomic E-state index is 12.9. The van der Waals surface area contributed by atoms with Crippen molar-refractivity contribution in [1.29, 1.82) is 0 Å². The van der Waals surface area contributed by atoms with Crippen molar-refractivity contribution in [2.24, 2.45) is 10.4 Å². The van der Waals surface area contributed by atoms with E-state index in [1.807, 2.05) is 25.3 Å². The van der Waals surface area contributed by atoms with Crippen LogP contribution in [0.3, 0.4) is 0 Å². The average molecular weight is 499 g/mol. The van der Waals surface area contributed by atoms with Crippen LogP contribution in [-0.4, -0.2) is 44.6 Å². The number of fused-ring (bicyclic) bond motifs is 1. The number of aromatic nitrogens is 3. The van der Waals surface area contributed by atoms with Crippen LogP contribution in [0, 0.1) is 5.41 Å². The second kappa shape index (κ2) is 9.84. The lowest BCUT2D eigenvalue weighted by Crippen LogP contribution is -2.52. The fourth-order valence-electron chi connectivity index (χ4n) is 6.17. The number of esters is 1. The van der Waals surface area contributed by atoms with Gasteiger partial charge in [0.15, 0.2) is 11.7 Å². The molecule has 7 heteroatoms. The minimum Gasteiger partial charge on any atom is -0.464 e. The zero-order valence-electron chi connectivity index (χ0n) is 21.5. The number of hydrogen-bond acceptors (Lipinski definition) is 6. The summed E-state index contributed by atoms with van der Waals surface area (Å²) in [6.07, 6.45) is 11.2. The average Bonchev–Trinajstić information content (AvgIpc) is 3.26. The van der Waals surface area contributed by atoms with Gasteiger partial charge in [0.1, 0.15) is 17.1 Å². The van der Waals surface area contributed by atoms with Crippen molar-refractivity contribution in [2.75, 3.05) is 6.61 Å². The molecule has 0 aliphatic heterocycles. The van der Waals surface area contributed by atoms with Crippen molar-refractivity contribution >= 4 is 28.6 Å². The highest BCUT2D eigenvalue weighted by atomic mass is 16.5. The number of ether oxygens (including phenoxy) is 1. The first-order chi connectivity index (χ1) is 18.1. The van der Waals surface area contributed by atoms with Crippen molar-refractivity contribution in [3.63, 3.8) is 0 Å². The van der Waals surface area contributed by atoms with Gasteiger partial charge in [-0.25, -0.2) is 14.8 Å². The Balaban J connectivity index is 1.28. The fraction of sp³-hybridized carbons (Fsp3) is 0.500. The van der Waals surface area contributed by atoms with Gasteiger partial charge < -0.3 is 4.74 Å². The number of carbonyl (C=O) groups excluding carboxylic acids is 2. The number of carbonyl (C=O) groups is 2. The molecule has 3 saturated carbocycles. The molecule has 2 aromatic heterocycles. The van der Waals surface area contributed by atoms with E-state index in [0.29, 0.717) is 31.1 Å². The van der Waals surface area contributed by atoms with E-state index in [2.05, 4.69) is 33.8 Å². The molecule has 37 heavy (non-hydrogen) atoms. The molecule has 0 amide bonds. The van der Waals surface area contributed by atoms with Gasteiger partial charge >= 0.3 is 5.97 Å². The third kappa shape index (κ3) is 4.28. The molecular formula is C30H34N4O3. The molecule has 2 heterocycles. The second-order valence-corrected chi connectivity index (χ2v) is 10.7. The van der Waals surface area contributed by atoms with E-state index >= 15 is 0 Å². The SMILES string of the molecule is CCOC(=O)[C@H](Cc1ccc(-n2c(C3CCC3)nc3cccnc32)cc1)N=C1CC(=O)C12CCCCC2. The Labute approximate surface area is 217 Å². The zero-order valence-corrected chi connectivity index (χ0v) is 21.5. The van der Waals surface area contributed by atoms with Gasteiger partial charge in [-0.1, -0.05) is 37.8 Å². The maximum atomic E-state index is 12.9. The van der Waals surface area contributed by atoms with Crippen LogP contribution >= 0.6 is 0 Å². The van der Waals surface area contributed by atoms with E-state index in [4.69, 9.17) is 14.7 Å². The molecule has 1 spiro atoms. The van der Waals surface area contributed by atoms with E-state index in [-0.39, 0.29) is 5.97 Å². The van der Waals surface area contributed by atoms with Crippen molar-refractivity contribution in [3.05, 3.63) is 54.0 Å². The third-order valence-electron chi connectivity index (χ3n) is 8.53. The predicted octanol–water partition coefficient (Wildman–Crippen LogP) is 5.53. The molecule has 3 aromatic rings. The number of Topliss-reactive ketones (excluding diaryl/α,β-unsaturated/α-hetero) is 1. The normalized spacial score (nSPS) is 21.1. The Kier molecular flexibility index (Phi) is 6.39. The van der Waals surface area contributed by atoms with E-state index in [1.54, 1.807) is 0 Å².